The van der Waals surface area contributed by atoms with Gasteiger partial charge in [-0.15, -0.1) is 0 Å². The number of aryl methyl sites for hydroxylation is 1. The van der Waals surface area contributed by atoms with Gasteiger partial charge in [0.1, 0.15) is 0 Å². The summed E-state index contributed by atoms with van der Waals surface area (Å²) in [6.45, 7) is 2.18. The molecule has 0 aromatic heterocycles. The van der Waals surface area contributed by atoms with E-state index in [1.807, 2.05) is 0 Å². The molecular weight excluding hydrogens is 244 g/mol. The Morgan fingerprint density at radius 3 is 2.40 bits per heavy atom. The van der Waals surface area contributed by atoms with Crippen molar-refractivity contribution in [2.75, 3.05) is 7.05 Å². The number of hydrogen-bond acceptors (Lipinski definition) is 2. The van der Waals surface area contributed by atoms with Crippen LogP contribution in [0, 0.1) is 0 Å². The van der Waals surface area contributed by atoms with E-state index < -0.39 is 0 Å². The number of hydrazone groups is 1. The molecule has 102 valence electrons. The van der Waals surface area contributed by atoms with Gasteiger partial charge in [-0.25, -0.2) is 0 Å². The SMILES string of the molecule is CCc1ccc(C2=NN(C)C(c3ccccc3)C2)cc1. The molecule has 1 heterocycles. The highest BCUT2D eigenvalue weighted by atomic mass is 15.5. The monoisotopic (exact) mass is 264 g/mol. The lowest BCUT2D eigenvalue weighted by Gasteiger charge is -2.18. The average Bonchev–Trinajstić information content (AvgIpc) is 2.90. The molecule has 2 aromatic rings. The lowest BCUT2D eigenvalue weighted by molar-refractivity contribution is 0.290. The van der Waals surface area contributed by atoms with Gasteiger partial charge in [-0.3, -0.25) is 5.01 Å². The zero-order valence-corrected chi connectivity index (χ0v) is 12.1. The van der Waals surface area contributed by atoms with Gasteiger partial charge in [0.2, 0.25) is 0 Å². The molecule has 0 fully saturated rings. The molecule has 1 atom stereocenters. The summed E-state index contributed by atoms with van der Waals surface area (Å²) in [6.07, 6.45) is 2.06. The Labute approximate surface area is 120 Å². The summed E-state index contributed by atoms with van der Waals surface area (Å²) >= 11 is 0. The van der Waals surface area contributed by atoms with E-state index in [1.165, 1.54) is 22.4 Å². The molecule has 2 aromatic carbocycles. The molecule has 0 aliphatic carbocycles. The number of rotatable bonds is 3. The number of hydrogen-bond donors (Lipinski definition) is 0. The maximum Gasteiger partial charge on any atom is 0.0773 e. The molecule has 3 rings (SSSR count). The normalized spacial score (nSPS) is 18.2. The molecule has 20 heavy (non-hydrogen) atoms. The Morgan fingerprint density at radius 1 is 1.05 bits per heavy atom. The predicted molar refractivity (Wildman–Crippen MR) is 83.9 cm³/mol. The molecule has 0 spiro atoms. The van der Waals surface area contributed by atoms with Crippen LogP contribution in [0.2, 0.25) is 0 Å². The highest BCUT2D eigenvalue weighted by Gasteiger charge is 2.25. The van der Waals surface area contributed by atoms with Crippen LogP contribution in [0.15, 0.2) is 59.7 Å². The van der Waals surface area contributed by atoms with E-state index in [-0.39, 0.29) is 0 Å². The van der Waals surface area contributed by atoms with Crippen LogP contribution in [0.3, 0.4) is 0 Å². The van der Waals surface area contributed by atoms with E-state index in [1.54, 1.807) is 0 Å². The van der Waals surface area contributed by atoms with E-state index in [4.69, 9.17) is 5.10 Å². The Balaban J connectivity index is 1.81. The lowest BCUT2D eigenvalue weighted by atomic mass is 9.98. The Kier molecular flexibility index (Phi) is 3.55. The third-order valence-electron chi connectivity index (χ3n) is 4.00. The van der Waals surface area contributed by atoms with Crippen molar-refractivity contribution in [3.63, 3.8) is 0 Å². The van der Waals surface area contributed by atoms with E-state index in [9.17, 15) is 0 Å². The lowest BCUT2D eigenvalue weighted by Crippen LogP contribution is -2.13. The Hall–Kier alpha value is -2.09. The van der Waals surface area contributed by atoms with Crippen molar-refractivity contribution in [1.29, 1.82) is 0 Å². The zero-order valence-electron chi connectivity index (χ0n) is 12.1. The highest BCUT2D eigenvalue weighted by molar-refractivity contribution is 6.01. The first-order chi connectivity index (χ1) is 9.78. The molecule has 2 nitrogen and oxygen atoms in total. The van der Waals surface area contributed by atoms with Gasteiger partial charge in [0.25, 0.3) is 0 Å². The van der Waals surface area contributed by atoms with Gasteiger partial charge < -0.3 is 0 Å². The van der Waals surface area contributed by atoms with Crippen molar-refractivity contribution in [3.8, 4) is 0 Å². The van der Waals surface area contributed by atoms with Crippen LogP contribution in [-0.2, 0) is 6.42 Å². The van der Waals surface area contributed by atoms with Gasteiger partial charge >= 0.3 is 0 Å². The summed E-state index contributed by atoms with van der Waals surface area (Å²) in [6, 6.07) is 19.8. The average molecular weight is 264 g/mol. The third-order valence-corrected chi connectivity index (χ3v) is 4.00. The molecule has 2 heteroatoms. The van der Waals surface area contributed by atoms with Gasteiger partial charge in [0.05, 0.1) is 11.8 Å². The van der Waals surface area contributed by atoms with E-state index in [0.717, 1.165) is 12.8 Å². The van der Waals surface area contributed by atoms with Crippen molar-refractivity contribution in [2.45, 2.75) is 25.8 Å². The van der Waals surface area contributed by atoms with Crippen LogP contribution in [0.1, 0.15) is 36.1 Å². The summed E-state index contributed by atoms with van der Waals surface area (Å²) in [4.78, 5) is 0. The van der Waals surface area contributed by atoms with Crippen LogP contribution in [-0.4, -0.2) is 17.8 Å². The molecule has 0 amide bonds. The van der Waals surface area contributed by atoms with Crippen LogP contribution in [0.25, 0.3) is 0 Å². The summed E-state index contributed by atoms with van der Waals surface area (Å²) in [5.41, 5.74) is 5.13. The fourth-order valence-electron chi connectivity index (χ4n) is 2.73. The van der Waals surface area contributed by atoms with Crippen molar-refractivity contribution in [1.82, 2.24) is 5.01 Å². The Morgan fingerprint density at radius 2 is 1.75 bits per heavy atom. The molecule has 0 N–H and O–H groups in total. The van der Waals surface area contributed by atoms with Gasteiger partial charge in [-0.2, -0.15) is 5.10 Å². The number of nitrogens with zero attached hydrogens (tertiary/aromatic N) is 2. The highest BCUT2D eigenvalue weighted by Crippen LogP contribution is 2.30. The third kappa shape index (κ3) is 2.46. The van der Waals surface area contributed by atoms with Gasteiger partial charge in [-0.1, -0.05) is 61.5 Å². The summed E-state index contributed by atoms with van der Waals surface area (Å²) in [5.74, 6) is 0. The Bertz CT molecular complexity index is 599. The van der Waals surface area contributed by atoms with Crippen molar-refractivity contribution in [2.24, 2.45) is 5.10 Å². The minimum absolute atomic E-state index is 0.358. The summed E-state index contributed by atoms with van der Waals surface area (Å²) in [5, 5.41) is 6.80. The molecule has 1 aliphatic rings. The molecule has 0 radical (unpaired) electrons. The molecule has 0 saturated carbocycles. The van der Waals surface area contributed by atoms with Crippen LogP contribution >= 0.6 is 0 Å². The molecule has 0 bridgehead atoms. The standard InChI is InChI=1S/C18H20N2/c1-3-14-9-11-15(12-10-14)17-13-18(20(2)19-17)16-7-5-4-6-8-16/h4-12,18H,3,13H2,1-2H3. The second-order valence-corrected chi connectivity index (χ2v) is 5.30. The second kappa shape index (κ2) is 5.49. The van der Waals surface area contributed by atoms with Gasteiger partial charge in [0.15, 0.2) is 0 Å². The largest absolute Gasteiger partial charge is 0.292 e. The van der Waals surface area contributed by atoms with Gasteiger partial charge in [-0.05, 0) is 23.1 Å². The maximum absolute atomic E-state index is 4.72. The molecule has 0 saturated heterocycles. The minimum Gasteiger partial charge on any atom is -0.292 e. The fourth-order valence-corrected chi connectivity index (χ4v) is 2.73. The fraction of sp³-hybridized carbons (Fsp3) is 0.278. The van der Waals surface area contributed by atoms with E-state index in [0.29, 0.717) is 6.04 Å². The summed E-state index contributed by atoms with van der Waals surface area (Å²) < 4.78 is 0. The maximum atomic E-state index is 4.72. The van der Waals surface area contributed by atoms with Crippen LogP contribution in [0.4, 0.5) is 0 Å². The van der Waals surface area contributed by atoms with Crippen LogP contribution in [0.5, 0.6) is 0 Å². The first-order valence-electron chi connectivity index (χ1n) is 7.22. The molecule has 1 unspecified atom stereocenters. The van der Waals surface area contributed by atoms with Crippen molar-refractivity contribution < 1.29 is 0 Å². The first-order valence-corrected chi connectivity index (χ1v) is 7.22. The summed E-state index contributed by atoms with van der Waals surface area (Å²) in [7, 11) is 2.06. The zero-order chi connectivity index (χ0) is 13.9. The quantitative estimate of drug-likeness (QED) is 0.817. The topological polar surface area (TPSA) is 15.6 Å². The first kappa shape index (κ1) is 12.9. The molecular formula is C18H20N2. The predicted octanol–water partition coefficient (Wildman–Crippen LogP) is 4.03. The van der Waals surface area contributed by atoms with E-state index in [2.05, 4.69) is 73.6 Å². The minimum atomic E-state index is 0.358. The van der Waals surface area contributed by atoms with Gasteiger partial charge in [0, 0.05) is 13.5 Å². The smallest absolute Gasteiger partial charge is 0.0773 e. The van der Waals surface area contributed by atoms with Crippen molar-refractivity contribution in [3.05, 3.63) is 71.3 Å². The van der Waals surface area contributed by atoms with E-state index >= 15 is 0 Å². The second-order valence-electron chi connectivity index (χ2n) is 5.30. The van der Waals surface area contributed by atoms with Crippen molar-refractivity contribution >= 4 is 5.71 Å². The van der Waals surface area contributed by atoms with Crippen LogP contribution < -0.4 is 0 Å². The number of benzene rings is 2. The molecule has 1 aliphatic heterocycles.